The maximum Gasteiger partial charge on any atom is 0.243 e. The molecule has 2 aliphatic rings. The van der Waals surface area contributed by atoms with E-state index in [1.165, 1.54) is 6.08 Å². The Kier molecular flexibility index (Phi) is 9.61. The molecule has 1 fully saturated rings. The molecular weight excluding hydrogens is 528 g/mol. The summed E-state index contributed by atoms with van der Waals surface area (Å²) >= 11 is 0. The molecule has 3 N–H and O–H groups in total. The van der Waals surface area contributed by atoms with Gasteiger partial charge < -0.3 is 20.7 Å². The molecule has 9 heteroatoms. The quantitative estimate of drug-likeness (QED) is 0.284. The van der Waals surface area contributed by atoms with Crippen LogP contribution >= 0.6 is 0 Å². The van der Waals surface area contributed by atoms with Gasteiger partial charge in [-0.25, -0.2) is 9.97 Å². The van der Waals surface area contributed by atoms with Crippen LogP contribution in [-0.4, -0.2) is 52.9 Å². The standard InChI is InChI=1S/C33H38N6O3/c1-3-31(40)35-26-12-10-24(11-13-26)32(41)36-27-18-23-19-28(21-27)37-33-34-15-14-30(38-33)25-8-7-9-29(20-25)42-17-6-4-5-16-39(2)22-23/h3-5,7-9,14-15,18-21,24,26H,1,6,10-13,16-17,22H2,2H3,(H,35,40)(H,36,41)(H,34,37,38)/b5-4+. The van der Waals surface area contributed by atoms with Crippen LogP contribution in [0, 0.1) is 5.92 Å². The number of carbonyl (C=O) groups excluding carboxylic acids is 2. The van der Waals surface area contributed by atoms with Gasteiger partial charge in [-0.15, -0.1) is 0 Å². The zero-order valence-corrected chi connectivity index (χ0v) is 24.0. The van der Waals surface area contributed by atoms with Crippen molar-refractivity contribution in [1.82, 2.24) is 20.2 Å². The van der Waals surface area contributed by atoms with Crippen molar-refractivity contribution in [3.05, 3.63) is 85.1 Å². The van der Waals surface area contributed by atoms with Crippen LogP contribution in [0.1, 0.15) is 37.7 Å². The second-order valence-electron chi connectivity index (χ2n) is 10.9. The van der Waals surface area contributed by atoms with Crippen molar-refractivity contribution >= 4 is 29.1 Å². The van der Waals surface area contributed by atoms with Crippen LogP contribution in [0.15, 0.2) is 79.5 Å². The number of rotatable bonds is 4. The summed E-state index contributed by atoms with van der Waals surface area (Å²) in [5.74, 6) is 0.993. The molecule has 2 amide bonds. The Morgan fingerprint density at radius 3 is 2.79 bits per heavy atom. The zero-order valence-electron chi connectivity index (χ0n) is 24.0. The topological polar surface area (TPSA) is 108 Å². The Morgan fingerprint density at radius 1 is 1.10 bits per heavy atom. The van der Waals surface area contributed by atoms with Gasteiger partial charge in [-0.05, 0) is 87.2 Å². The van der Waals surface area contributed by atoms with E-state index in [0.717, 1.165) is 72.6 Å². The second-order valence-corrected chi connectivity index (χ2v) is 10.9. The van der Waals surface area contributed by atoms with Crippen LogP contribution in [0.2, 0.25) is 0 Å². The first-order valence-electron chi connectivity index (χ1n) is 14.5. The van der Waals surface area contributed by atoms with Crippen molar-refractivity contribution in [2.45, 2.75) is 44.7 Å². The third kappa shape index (κ3) is 8.04. The Labute approximate surface area is 247 Å². The number of aromatic nitrogens is 2. The van der Waals surface area contributed by atoms with Crippen molar-refractivity contribution < 1.29 is 14.3 Å². The monoisotopic (exact) mass is 566 g/mol. The van der Waals surface area contributed by atoms with Gasteiger partial charge in [0.1, 0.15) is 5.75 Å². The Balaban J connectivity index is 1.36. The zero-order chi connectivity index (χ0) is 29.3. The molecule has 2 heterocycles. The van der Waals surface area contributed by atoms with Crippen LogP contribution in [0.3, 0.4) is 0 Å². The molecule has 5 rings (SSSR count). The molecule has 1 saturated carbocycles. The number of likely N-dealkylation sites (N-methyl/N-ethyl adjacent to an activating group) is 1. The van der Waals surface area contributed by atoms with Gasteiger partial charge in [0.05, 0.1) is 12.3 Å². The Hall–Kier alpha value is -4.50. The summed E-state index contributed by atoms with van der Waals surface area (Å²) in [6, 6.07) is 15.9. The highest BCUT2D eigenvalue weighted by molar-refractivity contribution is 5.93. The molecule has 6 bridgehead atoms. The van der Waals surface area contributed by atoms with Crippen LogP contribution in [0.4, 0.5) is 17.3 Å². The molecule has 0 spiro atoms. The Morgan fingerprint density at radius 2 is 1.95 bits per heavy atom. The average molecular weight is 567 g/mol. The van der Waals surface area contributed by atoms with Crippen molar-refractivity contribution in [3.8, 4) is 17.0 Å². The predicted octanol–water partition coefficient (Wildman–Crippen LogP) is 5.46. The van der Waals surface area contributed by atoms with Crippen LogP contribution in [-0.2, 0) is 16.1 Å². The lowest BCUT2D eigenvalue weighted by molar-refractivity contribution is -0.121. The number of hydrogen-bond acceptors (Lipinski definition) is 7. The minimum absolute atomic E-state index is 0.00214. The third-order valence-corrected chi connectivity index (χ3v) is 7.52. The van der Waals surface area contributed by atoms with Crippen LogP contribution in [0.5, 0.6) is 5.75 Å². The fraction of sp³-hybridized carbons (Fsp3) is 0.333. The number of nitrogens with zero attached hydrogens (tertiary/aromatic N) is 3. The van der Waals surface area contributed by atoms with E-state index in [2.05, 4.69) is 57.7 Å². The average Bonchev–Trinajstić information content (AvgIpc) is 2.99. The van der Waals surface area contributed by atoms with E-state index in [1.807, 2.05) is 42.5 Å². The number of fused-ring (bicyclic) bond motifs is 7. The summed E-state index contributed by atoms with van der Waals surface area (Å²) < 4.78 is 5.96. The fourth-order valence-electron chi connectivity index (χ4n) is 5.38. The van der Waals surface area contributed by atoms with Crippen LogP contribution < -0.4 is 20.7 Å². The predicted molar refractivity (Wildman–Crippen MR) is 165 cm³/mol. The molecule has 0 unspecified atom stereocenters. The molecule has 1 aliphatic heterocycles. The van der Waals surface area contributed by atoms with Gasteiger partial charge in [-0.2, -0.15) is 0 Å². The maximum absolute atomic E-state index is 13.3. The fourth-order valence-corrected chi connectivity index (χ4v) is 5.38. The molecule has 1 aromatic heterocycles. The number of amides is 2. The summed E-state index contributed by atoms with van der Waals surface area (Å²) in [4.78, 5) is 36.3. The van der Waals surface area contributed by atoms with Gasteiger partial charge in [0, 0.05) is 48.2 Å². The lowest BCUT2D eigenvalue weighted by Gasteiger charge is -2.28. The molecule has 3 aromatic rings. The molecule has 218 valence electrons. The number of carbonyl (C=O) groups is 2. The highest BCUT2D eigenvalue weighted by atomic mass is 16.5. The molecule has 0 radical (unpaired) electrons. The van der Waals surface area contributed by atoms with Gasteiger partial charge in [0.15, 0.2) is 0 Å². The van der Waals surface area contributed by atoms with E-state index in [9.17, 15) is 9.59 Å². The third-order valence-electron chi connectivity index (χ3n) is 7.52. The minimum Gasteiger partial charge on any atom is -0.493 e. The minimum atomic E-state index is -0.166. The first-order valence-corrected chi connectivity index (χ1v) is 14.5. The molecule has 1 aliphatic carbocycles. The smallest absolute Gasteiger partial charge is 0.243 e. The largest absolute Gasteiger partial charge is 0.493 e. The summed E-state index contributed by atoms with van der Waals surface area (Å²) in [6.07, 6.45) is 11.1. The van der Waals surface area contributed by atoms with Gasteiger partial charge >= 0.3 is 0 Å². The summed E-state index contributed by atoms with van der Waals surface area (Å²) in [5.41, 5.74) is 4.29. The number of hydrogen-bond donors (Lipinski definition) is 3. The number of nitrogens with one attached hydrogen (secondary N) is 3. The van der Waals surface area contributed by atoms with Gasteiger partial charge in [0.25, 0.3) is 0 Å². The number of ether oxygens (including phenoxy) is 1. The van der Waals surface area contributed by atoms with Crippen molar-refractivity contribution in [1.29, 1.82) is 0 Å². The molecule has 0 atom stereocenters. The summed E-state index contributed by atoms with van der Waals surface area (Å²) in [6.45, 7) is 5.59. The highest BCUT2D eigenvalue weighted by Crippen LogP contribution is 2.29. The van der Waals surface area contributed by atoms with Gasteiger partial charge in [-0.3, -0.25) is 14.5 Å². The van der Waals surface area contributed by atoms with Crippen molar-refractivity contribution in [2.24, 2.45) is 5.92 Å². The van der Waals surface area contributed by atoms with E-state index in [4.69, 9.17) is 9.72 Å². The number of benzene rings is 2. The molecular formula is C33H38N6O3. The lowest BCUT2D eigenvalue weighted by atomic mass is 9.85. The normalized spacial score (nSPS) is 20.0. The number of anilines is 3. The van der Waals surface area contributed by atoms with Gasteiger partial charge in [-0.1, -0.05) is 30.9 Å². The van der Waals surface area contributed by atoms with Gasteiger partial charge in [0.2, 0.25) is 17.8 Å². The first-order chi connectivity index (χ1) is 20.4. The Bertz CT molecular complexity index is 1450. The molecule has 9 nitrogen and oxygen atoms in total. The lowest BCUT2D eigenvalue weighted by Crippen LogP contribution is -2.38. The van der Waals surface area contributed by atoms with Crippen molar-refractivity contribution in [2.75, 3.05) is 30.8 Å². The second kappa shape index (κ2) is 13.9. The molecule has 2 aromatic carbocycles. The van der Waals surface area contributed by atoms with Crippen LogP contribution in [0.25, 0.3) is 11.3 Å². The summed E-state index contributed by atoms with van der Waals surface area (Å²) in [5, 5.41) is 9.45. The first kappa shape index (κ1) is 29.0. The molecule has 0 saturated heterocycles. The summed E-state index contributed by atoms with van der Waals surface area (Å²) in [7, 11) is 2.07. The van der Waals surface area contributed by atoms with E-state index in [-0.39, 0.29) is 23.8 Å². The van der Waals surface area contributed by atoms with Crippen molar-refractivity contribution in [3.63, 3.8) is 0 Å². The molecule has 42 heavy (non-hydrogen) atoms. The van der Waals surface area contributed by atoms with E-state index < -0.39 is 0 Å². The SMILES string of the molecule is C=CC(=O)NC1CCC(C(=O)Nc2cc3cc(c2)Nc2nccc(n2)-c2cccc(c2)OCC/C=C/CN(C)C3)CC1. The van der Waals surface area contributed by atoms with E-state index >= 15 is 0 Å². The maximum atomic E-state index is 13.3. The van der Waals surface area contributed by atoms with E-state index in [0.29, 0.717) is 19.1 Å². The van der Waals surface area contributed by atoms with E-state index in [1.54, 1.807) is 6.20 Å². The highest BCUT2D eigenvalue weighted by Gasteiger charge is 2.27.